The second kappa shape index (κ2) is 5.41. The quantitative estimate of drug-likeness (QED) is 0.939. The molecule has 0 saturated carbocycles. The molecule has 2 aromatic rings. The van der Waals surface area contributed by atoms with Crippen molar-refractivity contribution < 1.29 is 14.6 Å². The fourth-order valence-electron chi connectivity index (χ4n) is 3.08. The van der Waals surface area contributed by atoms with E-state index in [0.29, 0.717) is 0 Å². The monoisotopic (exact) mass is 284 g/mol. The Kier molecular flexibility index (Phi) is 3.60. The van der Waals surface area contributed by atoms with Gasteiger partial charge in [-0.1, -0.05) is 18.2 Å². The average Bonchev–Trinajstić information content (AvgIpc) is 2.90. The first-order chi connectivity index (χ1) is 10.1. The lowest BCUT2D eigenvalue weighted by molar-refractivity contribution is 0.0491. The van der Waals surface area contributed by atoms with Gasteiger partial charge in [-0.25, -0.2) is 0 Å². The zero-order chi connectivity index (χ0) is 15.0. The smallest absolute Gasteiger partial charge is 0.133 e. The van der Waals surface area contributed by atoms with Crippen molar-refractivity contribution in [3.05, 3.63) is 58.7 Å². The molecule has 2 aromatic carbocycles. The number of fused-ring (bicyclic) bond motifs is 1. The summed E-state index contributed by atoms with van der Waals surface area (Å²) in [6, 6.07) is 11.9. The molecule has 0 aliphatic carbocycles. The zero-order valence-corrected chi connectivity index (χ0v) is 12.6. The van der Waals surface area contributed by atoms with Gasteiger partial charge in [-0.3, -0.25) is 0 Å². The first kappa shape index (κ1) is 14.0. The highest BCUT2D eigenvalue weighted by atomic mass is 16.5. The van der Waals surface area contributed by atoms with Gasteiger partial charge in [-0.05, 0) is 54.3 Å². The molecule has 1 aliphatic heterocycles. The zero-order valence-electron chi connectivity index (χ0n) is 12.6. The fourth-order valence-corrected chi connectivity index (χ4v) is 3.08. The Hall–Kier alpha value is -2.00. The van der Waals surface area contributed by atoms with Crippen LogP contribution in [0.15, 0.2) is 36.4 Å². The van der Waals surface area contributed by atoms with Crippen LogP contribution in [0.1, 0.15) is 28.4 Å². The molecule has 0 fully saturated rings. The van der Waals surface area contributed by atoms with Crippen LogP contribution in [0, 0.1) is 13.8 Å². The van der Waals surface area contributed by atoms with Crippen molar-refractivity contribution in [1.29, 1.82) is 0 Å². The van der Waals surface area contributed by atoms with E-state index in [9.17, 15) is 5.11 Å². The SMILES string of the molecule is COc1c(C)cc(C(O)C2Cc3ccccc3O2)cc1C. The number of para-hydroxylation sites is 1. The van der Waals surface area contributed by atoms with E-state index in [1.54, 1.807) is 7.11 Å². The molecule has 0 saturated heterocycles. The maximum atomic E-state index is 10.6. The number of aryl methyl sites for hydroxylation is 2. The van der Waals surface area contributed by atoms with E-state index in [-0.39, 0.29) is 6.10 Å². The molecule has 2 unspecified atom stereocenters. The molecule has 3 nitrogen and oxygen atoms in total. The van der Waals surface area contributed by atoms with E-state index in [1.807, 2.05) is 50.2 Å². The maximum absolute atomic E-state index is 10.6. The Morgan fingerprint density at radius 3 is 2.48 bits per heavy atom. The number of rotatable bonds is 3. The van der Waals surface area contributed by atoms with Gasteiger partial charge in [0, 0.05) is 6.42 Å². The lowest BCUT2D eigenvalue weighted by Gasteiger charge is -2.20. The number of aliphatic hydroxyl groups excluding tert-OH is 1. The molecule has 0 spiro atoms. The third-order valence-electron chi connectivity index (χ3n) is 4.05. The van der Waals surface area contributed by atoms with Gasteiger partial charge in [0.05, 0.1) is 7.11 Å². The molecular weight excluding hydrogens is 264 g/mol. The van der Waals surface area contributed by atoms with E-state index >= 15 is 0 Å². The lowest BCUT2D eigenvalue weighted by atomic mass is 9.96. The number of methoxy groups -OCH3 is 1. The van der Waals surface area contributed by atoms with Crippen molar-refractivity contribution in [1.82, 2.24) is 0 Å². The Labute approximate surface area is 125 Å². The second-order valence-electron chi connectivity index (χ2n) is 5.60. The minimum atomic E-state index is -0.638. The van der Waals surface area contributed by atoms with Gasteiger partial charge in [0.2, 0.25) is 0 Å². The highest BCUT2D eigenvalue weighted by molar-refractivity contribution is 5.45. The van der Waals surface area contributed by atoms with Crippen LogP contribution in [0.5, 0.6) is 11.5 Å². The summed E-state index contributed by atoms with van der Waals surface area (Å²) in [5.41, 5.74) is 4.09. The Morgan fingerprint density at radius 1 is 1.19 bits per heavy atom. The molecule has 0 radical (unpaired) electrons. The highest BCUT2D eigenvalue weighted by Gasteiger charge is 2.30. The lowest BCUT2D eigenvalue weighted by Crippen LogP contribution is -2.23. The van der Waals surface area contributed by atoms with Crippen molar-refractivity contribution in [2.24, 2.45) is 0 Å². The van der Waals surface area contributed by atoms with E-state index in [2.05, 4.69) is 0 Å². The number of benzene rings is 2. The number of hydrogen-bond acceptors (Lipinski definition) is 3. The van der Waals surface area contributed by atoms with Crippen LogP contribution in [0.2, 0.25) is 0 Å². The molecule has 3 rings (SSSR count). The Bertz CT molecular complexity index is 615. The molecule has 1 aliphatic rings. The van der Waals surface area contributed by atoms with Crippen molar-refractivity contribution in [2.75, 3.05) is 7.11 Å². The third kappa shape index (κ3) is 2.49. The minimum absolute atomic E-state index is 0.227. The number of hydrogen-bond donors (Lipinski definition) is 1. The normalized spacial score (nSPS) is 18.0. The van der Waals surface area contributed by atoms with Crippen LogP contribution in [-0.2, 0) is 6.42 Å². The van der Waals surface area contributed by atoms with Crippen molar-refractivity contribution in [3.8, 4) is 11.5 Å². The summed E-state index contributed by atoms with van der Waals surface area (Å²) in [7, 11) is 1.67. The van der Waals surface area contributed by atoms with Gasteiger partial charge in [0.1, 0.15) is 23.7 Å². The van der Waals surface area contributed by atoms with Crippen molar-refractivity contribution in [3.63, 3.8) is 0 Å². The molecule has 1 heterocycles. The molecule has 1 N–H and O–H groups in total. The van der Waals surface area contributed by atoms with Gasteiger partial charge < -0.3 is 14.6 Å². The van der Waals surface area contributed by atoms with E-state index in [4.69, 9.17) is 9.47 Å². The van der Waals surface area contributed by atoms with Crippen LogP contribution >= 0.6 is 0 Å². The number of aliphatic hydroxyl groups is 1. The van der Waals surface area contributed by atoms with Crippen molar-refractivity contribution in [2.45, 2.75) is 32.5 Å². The molecule has 110 valence electrons. The van der Waals surface area contributed by atoms with Crippen LogP contribution in [0.25, 0.3) is 0 Å². The summed E-state index contributed by atoms with van der Waals surface area (Å²) in [5.74, 6) is 1.75. The highest BCUT2D eigenvalue weighted by Crippen LogP contribution is 2.35. The van der Waals surface area contributed by atoms with Crippen LogP contribution in [0.3, 0.4) is 0 Å². The largest absolute Gasteiger partial charge is 0.496 e. The summed E-state index contributed by atoms with van der Waals surface area (Å²) in [6.07, 6.45) is -0.128. The Balaban J connectivity index is 1.86. The topological polar surface area (TPSA) is 38.7 Å². The molecular formula is C18H20O3. The number of ether oxygens (including phenoxy) is 2. The first-order valence-electron chi connectivity index (χ1n) is 7.18. The minimum Gasteiger partial charge on any atom is -0.496 e. The molecule has 2 atom stereocenters. The van der Waals surface area contributed by atoms with E-state index < -0.39 is 6.10 Å². The Morgan fingerprint density at radius 2 is 1.86 bits per heavy atom. The molecule has 21 heavy (non-hydrogen) atoms. The van der Waals surface area contributed by atoms with Gasteiger partial charge in [-0.15, -0.1) is 0 Å². The molecule has 0 amide bonds. The van der Waals surface area contributed by atoms with Crippen LogP contribution in [0.4, 0.5) is 0 Å². The average molecular weight is 284 g/mol. The van der Waals surface area contributed by atoms with Gasteiger partial charge >= 0.3 is 0 Å². The summed E-state index contributed by atoms with van der Waals surface area (Å²) in [6.45, 7) is 3.98. The third-order valence-corrected chi connectivity index (χ3v) is 4.05. The summed E-state index contributed by atoms with van der Waals surface area (Å²) >= 11 is 0. The van der Waals surface area contributed by atoms with Crippen LogP contribution < -0.4 is 9.47 Å². The predicted molar refractivity (Wildman–Crippen MR) is 82.0 cm³/mol. The fraction of sp³-hybridized carbons (Fsp3) is 0.333. The summed E-state index contributed by atoms with van der Waals surface area (Å²) in [4.78, 5) is 0. The molecule has 3 heteroatoms. The van der Waals surface area contributed by atoms with E-state index in [1.165, 1.54) is 0 Å². The standard InChI is InChI=1S/C18H20O3/c1-11-8-14(9-12(2)18(11)20-3)17(19)16-10-13-6-4-5-7-15(13)21-16/h4-9,16-17,19H,10H2,1-3H3. The van der Waals surface area contributed by atoms with Gasteiger partial charge in [-0.2, -0.15) is 0 Å². The first-order valence-corrected chi connectivity index (χ1v) is 7.18. The van der Waals surface area contributed by atoms with Crippen molar-refractivity contribution >= 4 is 0 Å². The van der Waals surface area contributed by atoms with Gasteiger partial charge in [0.25, 0.3) is 0 Å². The molecule has 0 aromatic heterocycles. The van der Waals surface area contributed by atoms with E-state index in [0.717, 1.165) is 40.2 Å². The summed E-state index contributed by atoms with van der Waals surface area (Å²) < 4.78 is 11.3. The second-order valence-corrected chi connectivity index (χ2v) is 5.60. The summed E-state index contributed by atoms with van der Waals surface area (Å²) in [5, 5.41) is 10.6. The molecule has 0 bridgehead atoms. The van der Waals surface area contributed by atoms with Gasteiger partial charge in [0.15, 0.2) is 0 Å². The maximum Gasteiger partial charge on any atom is 0.133 e. The van der Waals surface area contributed by atoms with Crippen LogP contribution in [-0.4, -0.2) is 18.3 Å². The predicted octanol–water partition coefficient (Wildman–Crippen LogP) is 3.35.